The number of urea groups is 1. The molecule has 0 bridgehead atoms. The molecule has 150 valence electrons. The second-order valence-electron chi connectivity index (χ2n) is 6.76. The number of nitrogens with zero attached hydrogens (tertiary/aromatic N) is 2. The number of likely N-dealkylation sites (tertiary alicyclic amines) is 1. The summed E-state index contributed by atoms with van der Waals surface area (Å²) >= 11 is 6.03. The van der Waals surface area contributed by atoms with Crippen LogP contribution in [-0.4, -0.2) is 50.9 Å². The molecule has 0 aliphatic carbocycles. The normalized spacial score (nSPS) is 19.4. The zero-order valence-corrected chi connectivity index (χ0v) is 17.2. The maximum absolute atomic E-state index is 12.7. The van der Waals surface area contributed by atoms with Crippen molar-refractivity contribution in [3.8, 4) is 0 Å². The first-order valence-electron chi connectivity index (χ1n) is 9.04. The summed E-state index contributed by atoms with van der Waals surface area (Å²) < 4.78 is 29.3. The van der Waals surface area contributed by atoms with Crippen molar-refractivity contribution in [3.05, 3.63) is 53.1 Å². The minimum absolute atomic E-state index is 0.0383. The second kappa shape index (κ2) is 8.36. The van der Waals surface area contributed by atoms with Crippen LogP contribution in [0.25, 0.3) is 4.91 Å². The average Bonchev–Trinajstić information content (AvgIpc) is 2.89. The molecule has 1 aromatic carbocycles. The van der Waals surface area contributed by atoms with Crippen LogP contribution >= 0.6 is 11.6 Å². The van der Waals surface area contributed by atoms with Gasteiger partial charge in [0, 0.05) is 36.3 Å². The number of hydrogen-bond acceptors (Lipinski definition) is 4. The molecule has 9 heteroatoms. The molecule has 2 heterocycles. The first-order chi connectivity index (χ1) is 13.3. The highest BCUT2D eigenvalue weighted by Gasteiger charge is 2.35. The van der Waals surface area contributed by atoms with E-state index in [2.05, 4.69) is 21.6 Å². The Morgan fingerprint density at radius 1 is 1.39 bits per heavy atom. The Kier molecular flexibility index (Phi) is 6.10. The summed E-state index contributed by atoms with van der Waals surface area (Å²) in [6, 6.07) is 6.59. The quantitative estimate of drug-likeness (QED) is 0.730. The summed E-state index contributed by atoms with van der Waals surface area (Å²) in [5.74, 6) is 0.476. The van der Waals surface area contributed by atoms with Crippen molar-refractivity contribution < 1.29 is 13.2 Å². The topological polar surface area (TPSA) is 90.9 Å². The van der Waals surface area contributed by atoms with Gasteiger partial charge in [0.2, 0.25) is 0 Å². The lowest BCUT2D eigenvalue weighted by Gasteiger charge is -2.33. The van der Waals surface area contributed by atoms with Crippen molar-refractivity contribution in [1.29, 1.82) is 0 Å². The Hall–Kier alpha value is -2.32. The third-order valence-electron chi connectivity index (χ3n) is 4.76. The van der Waals surface area contributed by atoms with E-state index in [-0.39, 0.29) is 17.0 Å². The molecule has 2 aliphatic rings. The van der Waals surface area contributed by atoms with Crippen molar-refractivity contribution in [2.24, 2.45) is 4.40 Å². The summed E-state index contributed by atoms with van der Waals surface area (Å²) in [5.41, 5.74) is 1.16. The first kappa shape index (κ1) is 20.4. The van der Waals surface area contributed by atoms with E-state index in [0.29, 0.717) is 54.5 Å². The van der Waals surface area contributed by atoms with E-state index < -0.39 is 10.0 Å². The van der Waals surface area contributed by atoms with Gasteiger partial charge < -0.3 is 15.5 Å². The number of halogens is 1. The summed E-state index contributed by atoms with van der Waals surface area (Å²) in [4.78, 5) is 13.9. The lowest BCUT2D eigenvalue weighted by molar-refractivity contribution is 0.227. The lowest BCUT2D eigenvalue weighted by Crippen LogP contribution is -2.49. The Labute approximate surface area is 170 Å². The number of carbonyl (C=O) groups is 1. The molecule has 2 amide bonds. The highest BCUT2D eigenvalue weighted by molar-refractivity contribution is 8.00. The Morgan fingerprint density at radius 2 is 2.11 bits per heavy atom. The van der Waals surface area contributed by atoms with Gasteiger partial charge in [0.15, 0.2) is 0 Å². The van der Waals surface area contributed by atoms with Gasteiger partial charge in [-0.05, 0) is 37.5 Å². The van der Waals surface area contributed by atoms with Crippen LogP contribution in [0, 0.1) is 0 Å². The molecule has 0 spiro atoms. The van der Waals surface area contributed by atoms with Crippen molar-refractivity contribution in [1.82, 2.24) is 15.5 Å². The van der Waals surface area contributed by atoms with E-state index in [9.17, 15) is 13.2 Å². The fraction of sp³-hybridized carbons (Fsp3) is 0.368. The number of amides is 2. The molecular weight excluding hydrogens is 400 g/mol. The van der Waals surface area contributed by atoms with Crippen molar-refractivity contribution in [2.75, 3.05) is 19.6 Å². The van der Waals surface area contributed by atoms with Gasteiger partial charge in [-0.15, -0.1) is 11.0 Å². The van der Waals surface area contributed by atoms with Crippen LogP contribution < -0.4 is 10.6 Å². The van der Waals surface area contributed by atoms with E-state index in [1.165, 1.54) is 0 Å². The maximum Gasteiger partial charge on any atom is 0.315 e. The monoisotopic (exact) mass is 422 g/mol. The molecule has 0 unspecified atom stereocenters. The standard InChI is InChI=1S/C19H23ClN4O3S/c1-3-9-21-19(25)22-16-7-10-24(11-8-16)18-13(2)17(28(26,27)23-18)14-5-4-6-15(20)12-14/h3-6,12,16H,1,7-11H2,2H3,(H2,21,22,25). The molecule has 7 nitrogen and oxygen atoms in total. The van der Waals surface area contributed by atoms with Gasteiger partial charge in [0.25, 0.3) is 10.0 Å². The van der Waals surface area contributed by atoms with Gasteiger partial charge in [-0.3, -0.25) is 0 Å². The van der Waals surface area contributed by atoms with E-state index >= 15 is 0 Å². The largest absolute Gasteiger partial charge is 0.356 e. The third-order valence-corrected chi connectivity index (χ3v) is 6.47. The Balaban J connectivity index is 1.71. The van der Waals surface area contributed by atoms with Crippen LogP contribution in [-0.2, 0) is 10.0 Å². The van der Waals surface area contributed by atoms with Crippen LogP contribution in [0.1, 0.15) is 25.3 Å². The SMILES string of the molecule is C=CCNC(=O)NC1CCN(C2=NS(=O)(=O)C(c3cccc(Cl)c3)=C2C)CC1. The molecule has 2 aliphatic heterocycles. The summed E-state index contributed by atoms with van der Waals surface area (Å²) in [7, 11) is -3.77. The highest BCUT2D eigenvalue weighted by Crippen LogP contribution is 2.35. The maximum atomic E-state index is 12.7. The fourth-order valence-corrected chi connectivity index (χ4v) is 5.11. The molecule has 0 atom stereocenters. The number of rotatable bonds is 4. The minimum atomic E-state index is -3.77. The van der Waals surface area contributed by atoms with Crippen molar-refractivity contribution in [3.63, 3.8) is 0 Å². The van der Waals surface area contributed by atoms with Crippen molar-refractivity contribution in [2.45, 2.75) is 25.8 Å². The zero-order valence-electron chi connectivity index (χ0n) is 15.6. The predicted octanol–water partition coefficient (Wildman–Crippen LogP) is 2.76. The van der Waals surface area contributed by atoms with Crippen LogP contribution in [0.3, 0.4) is 0 Å². The number of sulfonamides is 1. The van der Waals surface area contributed by atoms with Crippen LogP contribution in [0.15, 0.2) is 46.9 Å². The minimum Gasteiger partial charge on any atom is -0.356 e. The van der Waals surface area contributed by atoms with Crippen LogP contribution in [0.2, 0.25) is 5.02 Å². The lowest BCUT2D eigenvalue weighted by atomic mass is 10.0. The Bertz CT molecular complexity index is 948. The first-order valence-corrected chi connectivity index (χ1v) is 10.9. The molecule has 2 N–H and O–H groups in total. The van der Waals surface area contributed by atoms with E-state index in [0.717, 1.165) is 0 Å². The zero-order chi connectivity index (χ0) is 20.3. The summed E-state index contributed by atoms with van der Waals surface area (Å²) in [5, 5.41) is 6.09. The Morgan fingerprint density at radius 3 is 2.75 bits per heavy atom. The fourth-order valence-electron chi connectivity index (χ4n) is 3.45. The van der Waals surface area contributed by atoms with Gasteiger partial charge in [0.05, 0.1) is 0 Å². The molecule has 1 aromatic rings. The number of amidine groups is 1. The van der Waals surface area contributed by atoms with E-state index in [1.54, 1.807) is 37.3 Å². The number of nitrogens with one attached hydrogen (secondary N) is 2. The van der Waals surface area contributed by atoms with Gasteiger partial charge in [-0.2, -0.15) is 8.42 Å². The number of benzene rings is 1. The summed E-state index contributed by atoms with van der Waals surface area (Å²) in [6.45, 7) is 6.97. The van der Waals surface area contributed by atoms with Crippen LogP contribution in [0.4, 0.5) is 4.79 Å². The van der Waals surface area contributed by atoms with Crippen LogP contribution in [0.5, 0.6) is 0 Å². The third kappa shape index (κ3) is 4.39. The number of carbonyl (C=O) groups excluding carboxylic acids is 1. The van der Waals surface area contributed by atoms with E-state index in [4.69, 9.17) is 11.6 Å². The second-order valence-corrected chi connectivity index (χ2v) is 8.74. The number of hydrogen-bond donors (Lipinski definition) is 2. The van der Waals surface area contributed by atoms with Gasteiger partial charge in [-0.1, -0.05) is 29.8 Å². The van der Waals surface area contributed by atoms with Gasteiger partial charge in [0.1, 0.15) is 10.7 Å². The smallest absolute Gasteiger partial charge is 0.315 e. The molecule has 0 saturated carbocycles. The van der Waals surface area contributed by atoms with Gasteiger partial charge in [-0.25, -0.2) is 4.79 Å². The predicted molar refractivity (Wildman–Crippen MR) is 112 cm³/mol. The molecular formula is C19H23ClN4O3S. The molecule has 1 fully saturated rings. The van der Waals surface area contributed by atoms with E-state index in [1.807, 2.05) is 4.90 Å². The highest BCUT2D eigenvalue weighted by atomic mass is 35.5. The molecule has 3 rings (SSSR count). The van der Waals surface area contributed by atoms with Gasteiger partial charge >= 0.3 is 6.03 Å². The average molecular weight is 423 g/mol. The molecule has 0 radical (unpaired) electrons. The molecule has 0 aromatic heterocycles. The molecule has 28 heavy (non-hydrogen) atoms. The van der Waals surface area contributed by atoms with Crippen molar-refractivity contribution >= 4 is 38.4 Å². The number of piperidine rings is 1. The molecule has 1 saturated heterocycles. The summed E-state index contributed by atoms with van der Waals surface area (Å²) in [6.07, 6.45) is 3.04.